The maximum atomic E-state index is 13.2. The van der Waals surface area contributed by atoms with Crippen molar-refractivity contribution in [3.63, 3.8) is 0 Å². The molecule has 2 aliphatic rings. The average molecular weight is 413 g/mol. The molecule has 3 heterocycles. The second-order valence-corrected chi connectivity index (χ2v) is 8.09. The van der Waals surface area contributed by atoms with E-state index in [1.54, 1.807) is 10.9 Å². The number of thioether (sulfide) groups is 1. The molecule has 0 unspecified atom stereocenters. The standard InChI is InChI=1S/C20H17ClN4O2S/c1-28-20-23-19-22-14-9-12(16-3-2-8-27-16)10-15(26)17(14)18(25(19)24-20)11-4-6-13(21)7-5-11/h2-8,12,18H,9-10H2,1H3,(H,22,23,24)/t12-,18-/m1/s1. The summed E-state index contributed by atoms with van der Waals surface area (Å²) in [6, 6.07) is 11.0. The predicted octanol–water partition coefficient (Wildman–Crippen LogP) is 4.66. The van der Waals surface area contributed by atoms with E-state index >= 15 is 0 Å². The van der Waals surface area contributed by atoms with Gasteiger partial charge in [-0.2, -0.15) is 4.98 Å². The molecular formula is C20H17ClN4O2S. The minimum absolute atomic E-state index is 0.0223. The van der Waals surface area contributed by atoms with Gasteiger partial charge in [0.25, 0.3) is 0 Å². The zero-order valence-corrected chi connectivity index (χ0v) is 16.6. The number of ketones is 1. The number of aromatic nitrogens is 3. The highest BCUT2D eigenvalue weighted by Gasteiger charge is 2.40. The summed E-state index contributed by atoms with van der Waals surface area (Å²) in [6.07, 6.45) is 4.69. The third kappa shape index (κ3) is 2.86. The van der Waals surface area contributed by atoms with E-state index in [0.29, 0.717) is 29.0 Å². The van der Waals surface area contributed by atoms with Crippen LogP contribution in [0.3, 0.4) is 0 Å². The Hall–Kier alpha value is -2.51. The zero-order chi connectivity index (χ0) is 19.3. The van der Waals surface area contributed by atoms with Gasteiger partial charge in [0, 0.05) is 28.6 Å². The van der Waals surface area contributed by atoms with Gasteiger partial charge in [0.2, 0.25) is 11.1 Å². The average Bonchev–Trinajstić information content (AvgIpc) is 3.36. The van der Waals surface area contributed by atoms with Crippen LogP contribution in [0, 0.1) is 0 Å². The first-order chi connectivity index (χ1) is 13.6. The van der Waals surface area contributed by atoms with E-state index in [1.807, 2.05) is 42.7 Å². The van der Waals surface area contributed by atoms with Crippen molar-refractivity contribution in [3.8, 4) is 0 Å². The number of carbonyl (C=O) groups excluding carboxylic acids is 1. The molecule has 1 aromatic carbocycles. The minimum atomic E-state index is -0.318. The molecule has 0 spiro atoms. The van der Waals surface area contributed by atoms with E-state index in [1.165, 1.54) is 11.8 Å². The third-order valence-electron chi connectivity index (χ3n) is 5.21. The molecule has 3 aromatic rings. The van der Waals surface area contributed by atoms with E-state index in [9.17, 15) is 4.79 Å². The van der Waals surface area contributed by atoms with Gasteiger partial charge in [-0.15, -0.1) is 5.10 Å². The number of benzene rings is 1. The fraction of sp³-hybridized carbons (Fsp3) is 0.250. The second kappa shape index (κ2) is 6.83. The highest BCUT2D eigenvalue weighted by atomic mass is 35.5. The minimum Gasteiger partial charge on any atom is -0.469 e. The molecule has 142 valence electrons. The summed E-state index contributed by atoms with van der Waals surface area (Å²) in [7, 11) is 0. The Morgan fingerprint density at radius 2 is 2.07 bits per heavy atom. The van der Waals surface area contributed by atoms with Gasteiger partial charge in [0.1, 0.15) is 11.8 Å². The van der Waals surface area contributed by atoms with Gasteiger partial charge in [-0.1, -0.05) is 35.5 Å². The number of anilines is 1. The van der Waals surface area contributed by atoms with E-state index in [0.717, 1.165) is 22.6 Å². The summed E-state index contributed by atoms with van der Waals surface area (Å²) >= 11 is 7.55. The topological polar surface area (TPSA) is 73.0 Å². The Morgan fingerprint density at radius 3 is 2.79 bits per heavy atom. The SMILES string of the molecule is CSc1nc2n(n1)[C@H](c1ccc(Cl)cc1)C1=C(C[C@@H](c3ccco3)CC1=O)N2. The molecule has 5 rings (SSSR count). The van der Waals surface area contributed by atoms with Crippen molar-refractivity contribution >= 4 is 35.1 Å². The van der Waals surface area contributed by atoms with Gasteiger partial charge < -0.3 is 9.73 Å². The van der Waals surface area contributed by atoms with Crippen LogP contribution < -0.4 is 5.32 Å². The molecule has 2 aromatic heterocycles. The monoisotopic (exact) mass is 412 g/mol. The summed E-state index contributed by atoms with van der Waals surface area (Å²) in [4.78, 5) is 17.8. The van der Waals surface area contributed by atoms with Gasteiger partial charge in [-0.05, 0) is 42.5 Å². The van der Waals surface area contributed by atoms with Crippen LogP contribution >= 0.6 is 23.4 Å². The maximum absolute atomic E-state index is 13.2. The summed E-state index contributed by atoms with van der Waals surface area (Å²) in [5.74, 6) is 1.61. The molecule has 1 aliphatic carbocycles. The summed E-state index contributed by atoms with van der Waals surface area (Å²) in [5, 5.41) is 9.29. The predicted molar refractivity (Wildman–Crippen MR) is 108 cm³/mol. The third-order valence-corrected chi connectivity index (χ3v) is 6.00. The second-order valence-electron chi connectivity index (χ2n) is 6.88. The van der Waals surface area contributed by atoms with Gasteiger partial charge in [0.15, 0.2) is 5.78 Å². The molecule has 1 N–H and O–H groups in total. The highest BCUT2D eigenvalue weighted by Crippen LogP contribution is 2.44. The number of hydrogen-bond donors (Lipinski definition) is 1. The molecule has 1 aliphatic heterocycles. The molecule has 8 heteroatoms. The molecule has 0 fully saturated rings. The molecule has 0 bridgehead atoms. The number of nitrogens with zero attached hydrogens (tertiary/aromatic N) is 3. The normalized spacial score (nSPS) is 21.3. The van der Waals surface area contributed by atoms with E-state index in [4.69, 9.17) is 16.0 Å². The zero-order valence-electron chi connectivity index (χ0n) is 15.1. The number of hydrogen-bond acceptors (Lipinski definition) is 6. The van der Waals surface area contributed by atoms with Crippen LogP contribution in [0.5, 0.6) is 0 Å². The number of carbonyl (C=O) groups is 1. The van der Waals surface area contributed by atoms with Crippen LogP contribution in [0.2, 0.25) is 5.02 Å². The summed E-state index contributed by atoms with van der Waals surface area (Å²) in [5.41, 5.74) is 2.60. The van der Waals surface area contributed by atoms with Crippen LogP contribution in [0.15, 0.2) is 63.5 Å². The van der Waals surface area contributed by atoms with Crippen LogP contribution in [0.25, 0.3) is 0 Å². The number of nitrogens with one attached hydrogen (secondary N) is 1. The lowest BCUT2D eigenvalue weighted by Gasteiger charge is -2.34. The van der Waals surface area contributed by atoms with E-state index in [2.05, 4.69) is 15.4 Å². The number of furan rings is 1. The maximum Gasteiger partial charge on any atom is 0.227 e. The number of allylic oxidation sites excluding steroid dienone is 2. The van der Waals surface area contributed by atoms with Gasteiger partial charge in [-0.25, -0.2) is 4.68 Å². The molecule has 2 atom stereocenters. The number of fused-ring (bicyclic) bond motifs is 1. The fourth-order valence-corrected chi connectivity index (χ4v) is 4.43. The molecular weight excluding hydrogens is 396 g/mol. The van der Waals surface area contributed by atoms with E-state index in [-0.39, 0.29) is 17.7 Å². The lowest BCUT2D eigenvalue weighted by molar-refractivity contribution is -0.117. The Morgan fingerprint density at radius 1 is 1.25 bits per heavy atom. The molecule has 6 nitrogen and oxygen atoms in total. The van der Waals surface area contributed by atoms with Crippen molar-refractivity contribution in [2.45, 2.75) is 30.0 Å². The summed E-state index contributed by atoms with van der Waals surface area (Å²) < 4.78 is 7.37. The molecule has 0 amide bonds. The van der Waals surface area contributed by atoms with Crippen molar-refractivity contribution in [1.29, 1.82) is 0 Å². The summed E-state index contributed by atoms with van der Waals surface area (Å²) in [6.45, 7) is 0. The number of rotatable bonds is 3. The van der Waals surface area contributed by atoms with Crippen LogP contribution in [0.1, 0.15) is 36.1 Å². The van der Waals surface area contributed by atoms with Gasteiger partial charge in [0.05, 0.1) is 6.26 Å². The Labute approximate surface area is 171 Å². The largest absolute Gasteiger partial charge is 0.469 e. The molecule has 0 saturated heterocycles. The fourth-order valence-electron chi connectivity index (χ4n) is 3.96. The Bertz CT molecular complexity index is 1070. The molecule has 0 saturated carbocycles. The number of halogens is 1. The quantitative estimate of drug-likeness (QED) is 0.630. The van der Waals surface area contributed by atoms with Crippen molar-refractivity contribution in [2.24, 2.45) is 0 Å². The van der Waals surface area contributed by atoms with Gasteiger partial charge in [-0.3, -0.25) is 4.79 Å². The van der Waals surface area contributed by atoms with Crippen LogP contribution in [-0.2, 0) is 4.79 Å². The van der Waals surface area contributed by atoms with E-state index < -0.39 is 0 Å². The first kappa shape index (κ1) is 17.6. The lowest BCUT2D eigenvalue weighted by atomic mass is 9.79. The van der Waals surface area contributed by atoms with Crippen LogP contribution in [-0.4, -0.2) is 26.8 Å². The first-order valence-electron chi connectivity index (χ1n) is 8.96. The lowest BCUT2D eigenvalue weighted by Crippen LogP contribution is -2.33. The number of Topliss-reactive ketones (excluding diaryl/α,β-unsaturated/α-hetero) is 1. The first-order valence-corrected chi connectivity index (χ1v) is 10.6. The highest BCUT2D eigenvalue weighted by molar-refractivity contribution is 7.98. The van der Waals surface area contributed by atoms with Gasteiger partial charge >= 0.3 is 0 Å². The Balaban J connectivity index is 1.63. The van der Waals surface area contributed by atoms with Crippen molar-refractivity contribution < 1.29 is 9.21 Å². The molecule has 28 heavy (non-hydrogen) atoms. The van der Waals surface area contributed by atoms with Crippen LogP contribution in [0.4, 0.5) is 5.95 Å². The van der Waals surface area contributed by atoms with Crippen molar-refractivity contribution in [2.75, 3.05) is 11.6 Å². The molecule has 0 radical (unpaired) electrons. The van der Waals surface area contributed by atoms with Crippen molar-refractivity contribution in [1.82, 2.24) is 14.8 Å². The Kier molecular flexibility index (Phi) is 4.29. The smallest absolute Gasteiger partial charge is 0.227 e. The van der Waals surface area contributed by atoms with Crippen molar-refractivity contribution in [3.05, 3.63) is 70.3 Å².